The third kappa shape index (κ3) is 2.60. The third-order valence-electron chi connectivity index (χ3n) is 2.64. The van der Waals surface area contributed by atoms with Crippen molar-refractivity contribution in [3.05, 3.63) is 65.5 Å². The molecule has 2 rings (SSSR count). The predicted molar refractivity (Wildman–Crippen MR) is 71.9 cm³/mol. The van der Waals surface area contributed by atoms with E-state index in [4.69, 9.17) is 27.9 Å². The number of hydrogen-bond acceptors (Lipinski definition) is 1. The molecule has 0 heterocycles. The minimum Gasteiger partial charge on any atom is -0.497 e. The summed E-state index contributed by atoms with van der Waals surface area (Å²) in [5.41, 5.74) is 1.16. The molecule has 2 aromatic carbocycles. The lowest BCUT2D eigenvalue weighted by Gasteiger charge is -2.21. The zero-order valence-electron chi connectivity index (χ0n) is 9.66. The molecule has 0 fully saturated rings. The smallest absolute Gasteiger partial charge is 0.168 e. The lowest BCUT2D eigenvalue weighted by Crippen LogP contribution is -2.12. The Bertz CT molecular complexity index is 538. The molecular formula is C14H11Cl2FO. The van der Waals surface area contributed by atoms with Gasteiger partial charge in [0.2, 0.25) is 0 Å². The number of halogens is 3. The molecule has 0 aliphatic heterocycles. The van der Waals surface area contributed by atoms with Crippen molar-refractivity contribution in [2.45, 2.75) is 4.33 Å². The van der Waals surface area contributed by atoms with Gasteiger partial charge in [-0.2, -0.15) is 0 Å². The summed E-state index contributed by atoms with van der Waals surface area (Å²) in [5.74, 6) is 0.341. The minimum absolute atomic E-state index is 0.369. The van der Waals surface area contributed by atoms with Crippen molar-refractivity contribution < 1.29 is 9.13 Å². The Morgan fingerprint density at radius 1 is 1.00 bits per heavy atom. The summed E-state index contributed by atoms with van der Waals surface area (Å²) in [6.07, 6.45) is 0. The summed E-state index contributed by atoms with van der Waals surface area (Å²) in [5, 5.41) is 0. The van der Waals surface area contributed by atoms with Crippen LogP contribution in [0.25, 0.3) is 0 Å². The number of alkyl halides is 2. The molecule has 0 aliphatic rings. The molecule has 0 saturated carbocycles. The Morgan fingerprint density at radius 2 is 1.67 bits per heavy atom. The SMILES string of the molecule is COc1ccc(C(Cl)(Cl)c2cccc(F)c2)cc1. The Labute approximate surface area is 115 Å². The van der Waals surface area contributed by atoms with Crippen LogP contribution in [-0.4, -0.2) is 7.11 Å². The normalized spacial score (nSPS) is 11.3. The van der Waals surface area contributed by atoms with Crippen LogP contribution in [0, 0.1) is 5.82 Å². The van der Waals surface area contributed by atoms with Crippen LogP contribution < -0.4 is 4.74 Å². The molecule has 1 nitrogen and oxygen atoms in total. The van der Waals surface area contributed by atoms with E-state index < -0.39 is 4.33 Å². The molecule has 0 atom stereocenters. The highest BCUT2D eigenvalue weighted by molar-refractivity contribution is 6.50. The average Bonchev–Trinajstić information content (AvgIpc) is 2.39. The first kappa shape index (κ1) is 13.2. The van der Waals surface area contributed by atoms with Crippen LogP contribution in [0.1, 0.15) is 11.1 Å². The largest absolute Gasteiger partial charge is 0.497 e. The molecule has 0 radical (unpaired) electrons. The van der Waals surface area contributed by atoms with E-state index in [0.29, 0.717) is 16.9 Å². The number of benzene rings is 2. The van der Waals surface area contributed by atoms with Crippen LogP contribution in [0.5, 0.6) is 5.75 Å². The summed E-state index contributed by atoms with van der Waals surface area (Å²) in [4.78, 5) is 0. The maximum atomic E-state index is 13.2. The first-order chi connectivity index (χ1) is 8.54. The molecule has 0 N–H and O–H groups in total. The van der Waals surface area contributed by atoms with Crippen LogP contribution in [0.15, 0.2) is 48.5 Å². The van der Waals surface area contributed by atoms with Gasteiger partial charge in [0.15, 0.2) is 4.33 Å². The maximum Gasteiger partial charge on any atom is 0.168 e. The highest BCUT2D eigenvalue weighted by Crippen LogP contribution is 2.41. The molecule has 4 heteroatoms. The molecule has 2 aromatic rings. The molecule has 18 heavy (non-hydrogen) atoms. The number of rotatable bonds is 3. The fourth-order valence-electron chi connectivity index (χ4n) is 1.65. The lowest BCUT2D eigenvalue weighted by molar-refractivity contribution is 0.414. The Balaban J connectivity index is 2.40. The first-order valence-electron chi connectivity index (χ1n) is 5.32. The standard InChI is InChI=1S/C14H11Cl2FO/c1-18-13-7-5-10(6-8-13)14(15,16)11-3-2-4-12(17)9-11/h2-9H,1H3. The number of ether oxygens (including phenoxy) is 1. The van der Waals surface area contributed by atoms with Gasteiger partial charge in [-0.25, -0.2) is 4.39 Å². The second kappa shape index (κ2) is 5.17. The zero-order chi connectivity index (χ0) is 13.2. The highest BCUT2D eigenvalue weighted by Gasteiger charge is 2.29. The molecule has 0 bridgehead atoms. The van der Waals surface area contributed by atoms with E-state index in [1.165, 1.54) is 12.1 Å². The summed E-state index contributed by atoms with van der Waals surface area (Å²) in [6.45, 7) is 0. The molecule has 0 aliphatic carbocycles. The fourth-order valence-corrected chi connectivity index (χ4v) is 2.14. The summed E-state index contributed by atoms with van der Waals surface area (Å²) < 4.78 is 17.0. The van der Waals surface area contributed by atoms with Crippen molar-refractivity contribution in [2.24, 2.45) is 0 Å². The molecule has 0 spiro atoms. The molecule has 94 valence electrons. The van der Waals surface area contributed by atoms with Crippen molar-refractivity contribution in [1.29, 1.82) is 0 Å². The quantitative estimate of drug-likeness (QED) is 0.754. The zero-order valence-corrected chi connectivity index (χ0v) is 11.2. The molecule has 0 aromatic heterocycles. The van der Waals surface area contributed by atoms with E-state index in [1.54, 1.807) is 43.5 Å². The average molecular weight is 285 g/mol. The van der Waals surface area contributed by atoms with Gasteiger partial charge < -0.3 is 4.74 Å². The summed E-state index contributed by atoms with van der Waals surface area (Å²) >= 11 is 12.6. The fraction of sp³-hybridized carbons (Fsp3) is 0.143. The van der Waals surface area contributed by atoms with E-state index in [-0.39, 0.29) is 5.82 Å². The molecule has 0 saturated heterocycles. The molecule has 0 amide bonds. The van der Waals surface area contributed by atoms with Crippen LogP contribution in [-0.2, 0) is 4.33 Å². The minimum atomic E-state index is -1.28. The van der Waals surface area contributed by atoms with E-state index in [9.17, 15) is 4.39 Å². The monoisotopic (exact) mass is 284 g/mol. The van der Waals surface area contributed by atoms with Gasteiger partial charge in [0.1, 0.15) is 11.6 Å². The maximum absolute atomic E-state index is 13.2. The van der Waals surface area contributed by atoms with Gasteiger partial charge in [0.05, 0.1) is 7.11 Å². The number of hydrogen-bond donors (Lipinski definition) is 0. The van der Waals surface area contributed by atoms with Gasteiger partial charge in [-0.15, -0.1) is 0 Å². The van der Waals surface area contributed by atoms with Gasteiger partial charge in [-0.1, -0.05) is 47.5 Å². The van der Waals surface area contributed by atoms with Crippen LogP contribution in [0.3, 0.4) is 0 Å². The Morgan fingerprint density at radius 3 is 2.22 bits per heavy atom. The first-order valence-corrected chi connectivity index (χ1v) is 6.08. The second-order valence-electron chi connectivity index (χ2n) is 3.81. The van der Waals surface area contributed by atoms with Crippen molar-refractivity contribution in [1.82, 2.24) is 0 Å². The van der Waals surface area contributed by atoms with Crippen molar-refractivity contribution in [2.75, 3.05) is 7.11 Å². The molecule has 0 unspecified atom stereocenters. The Kier molecular flexibility index (Phi) is 3.79. The third-order valence-corrected chi connectivity index (χ3v) is 3.51. The topological polar surface area (TPSA) is 9.23 Å². The summed E-state index contributed by atoms with van der Waals surface area (Å²) in [7, 11) is 1.58. The van der Waals surface area contributed by atoms with Crippen molar-refractivity contribution in [3.63, 3.8) is 0 Å². The summed E-state index contributed by atoms with van der Waals surface area (Å²) in [6, 6.07) is 13.0. The van der Waals surface area contributed by atoms with E-state index in [2.05, 4.69) is 0 Å². The van der Waals surface area contributed by atoms with Crippen LogP contribution >= 0.6 is 23.2 Å². The van der Waals surface area contributed by atoms with Crippen LogP contribution in [0.4, 0.5) is 4.39 Å². The van der Waals surface area contributed by atoms with E-state index in [1.807, 2.05) is 0 Å². The van der Waals surface area contributed by atoms with Crippen molar-refractivity contribution >= 4 is 23.2 Å². The van der Waals surface area contributed by atoms with E-state index in [0.717, 1.165) is 0 Å². The van der Waals surface area contributed by atoms with Crippen molar-refractivity contribution in [3.8, 4) is 5.75 Å². The van der Waals surface area contributed by atoms with E-state index >= 15 is 0 Å². The van der Waals surface area contributed by atoms with Gasteiger partial charge in [-0.05, 0) is 35.4 Å². The molecular weight excluding hydrogens is 274 g/mol. The van der Waals surface area contributed by atoms with Gasteiger partial charge in [0, 0.05) is 0 Å². The predicted octanol–water partition coefficient (Wildman–Crippen LogP) is 4.51. The van der Waals surface area contributed by atoms with Gasteiger partial charge >= 0.3 is 0 Å². The highest BCUT2D eigenvalue weighted by atomic mass is 35.5. The van der Waals surface area contributed by atoms with Gasteiger partial charge in [0.25, 0.3) is 0 Å². The number of methoxy groups -OCH3 is 1. The van der Waals surface area contributed by atoms with Crippen LogP contribution in [0.2, 0.25) is 0 Å². The van der Waals surface area contributed by atoms with Gasteiger partial charge in [-0.3, -0.25) is 0 Å². The lowest BCUT2D eigenvalue weighted by atomic mass is 10.0. The second-order valence-corrected chi connectivity index (χ2v) is 5.14. The Hall–Kier alpha value is -1.25.